The van der Waals surface area contributed by atoms with Crippen molar-refractivity contribution in [2.24, 2.45) is 0 Å². The zero-order chi connectivity index (χ0) is 11.7. The highest BCUT2D eigenvalue weighted by molar-refractivity contribution is 5.17. The van der Waals surface area contributed by atoms with E-state index in [1.54, 1.807) is 12.3 Å². The first kappa shape index (κ1) is 10.8. The Balaban J connectivity index is 1.80. The highest BCUT2D eigenvalue weighted by Gasteiger charge is 2.41. The van der Waals surface area contributed by atoms with Crippen molar-refractivity contribution >= 4 is 0 Å². The van der Waals surface area contributed by atoms with E-state index in [9.17, 15) is 5.11 Å². The third-order valence-electron chi connectivity index (χ3n) is 2.97. The third kappa shape index (κ3) is 2.07. The van der Waals surface area contributed by atoms with Crippen LogP contribution in [-0.4, -0.2) is 30.0 Å². The average molecular weight is 234 g/mol. The van der Waals surface area contributed by atoms with Crippen LogP contribution in [-0.2, 0) is 14.2 Å². The van der Waals surface area contributed by atoms with Gasteiger partial charge >= 0.3 is 0 Å². The van der Waals surface area contributed by atoms with Crippen molar-refractivity contribution in [2.75, 3.05) is 6.61 Å². The van der Waals surface area contributed by atoms with E-state index in [1.165, 1.54) is 0 Å². The molecule has 1 aromatic rings. The molecule has 90 valence electrons. The van der Waals surface area contributed by atoms with Gasteiger partial charge in [-0.25, -0.2) is 0 Å². The van der Waals surface area contributed by atoms with E-state index >= 15 is 0 Å². The van der Waals surface area contributed by atoms with Gasteiger partial charge in [0.25, 0.3) is 0 Å². The molecule has 2 unspecified atom stereocenters. The smallest absolute Gasteiger partial charge is 0.185 e. The largest absolute Gasteiger partial charge is 0.499 e. The Bertz CT molecular complexity index is 403. The summed E-state index contributed by atoms with van der Waals surface area (Å²) in [6, 6.07) is 9.71. The Morgan fingerprint density at radius 2 is 1.94 bits per heavy atom. The van der Waals surface area contributed by atoms with E-state index in [0.717, 1.165) is 5.56 Å². The summed E-state index contributed by atoms with van der Waals surface area (Å²) >= 11 is 0. The van der Waals surface area contributed by atoms with Crippen molar-refractivity contribution in [3.8, 4) is 0 Å². The van der Waals surface area contributed by atoms with Crippen molar-refractivity contribution in [1.29, 1.82) is 0 Å². The molecule has 4 atom stereocenters. The van der Waals surface area contributed by atoms with Crippen LogP contribution in [0.1, 0.15) is 11.9 Å². The monoisotopic (exact) mass is 234 g/mol. The molecule has 0 aromatic heterocycles. The van der Waals surface area contributed by atoms with Crippen molar-refractivity contribution in [3.05, 3.63) is 48.2 Å². The standard InChI is InChI=1S/C13H14O4/c14-10-8-15-7-6-11-12(10)17-13(16-11)9-4-2-1-3-5-9/h1-7,10-14H,8H2/t10-,11?,12-,13?/m1/s1. The van der Waals surface area contributed by atoms with Crippen molar-refractivity contribution in [3.63, 3.8) is 0 Å². The lowest BCUT2D eigenvalue weighted by Gasteiger charge is -2.16. The minimum Gasteiger partial charge on any atom is -0.499 e. The molecule has 1 saturated heterocycles. The summed E-state index contributed by atoms with van der Waals surface area (Å²) in [7, 11) is 0. The van der Waals surface area contributed by atoms with Crippen LogP contribution >= 0.6 is 0 Å². The number of aliphatic hydroxyl groups is 1. The van der Waals surface area contributed by atoms with Gasteiger partial charge < -0.3 is 19.3 Å². The molecule has 0 saturated carbocycles. The van der Waals surface area contributed by atoms with Crippen LogP contribution in [0.4, 0.5) is 0 Å². The molecule has 1 N–H and O–H groups in total. The van der Waals surface area contributed by atoms with E-state index in [-0.39, 0.29) is 18.8 Å². The van der Waals surface area contributed by atoms with E-state index in [4.69, 9.17) is 14.2 Å². The number of hydrogen-bond donors (Lipinski definition) is 1. The quantitative estimate of drug-likeness (QED) is 0.797. The third-order valence-corrected chi connectivity index (χ3v) is 2.97. The van der Waals surface area contributed by atoms with E-state index in [2.05, 4.69) is 0 Å². The molecule has 2 aliphatic heterocycles. The van der Waals surface area contributed by atoms with Gasteiger partial charge in [0, 0.05) is 5.56 Å². The minimum atomic E-state index is -0.663. The molecular formula is C13H14O4. The van der Waals surface area contributed by atoms with Gasteiger partial charge in [0.05, 0.1) is 6.26 Å². The zero-order valence-electron chi connectivity index (χ0n) is 9.23. The fourth-order valence-corrected chi connectivity index (χ4v) is 2.09. The Morgan fingerprint density at radius 3 is 2.76 bits per heavy atom. The molecule has 0 aliphatic carbocycles. The molecule has 1 aromatic carbocycles. The van der Waals surface area contributed by atoms with Crippen molar-refractivity contribution in [1.82, 2.24) is 0 Å². The topological polar surface area (TPSA) is 47.9 Å². The van der Waals surface area contributed by atoms with E-state index < -0.39 is 12.4 Å². The lowest BCUT2D eigenvalue weighted by Crippen LogP contribution is -2.35. The summed E-state index contributed by atoms with van der Waals surface area (Å²) in [6.07, 6.45) is 1.65. The maximum Gasteiger partial charge on any atom is 0.185 e. The Hall–Kier alpha value is -1.36. The highest BCUT2D eigenvalue weighted by atomic mass is 16.7. The molecule has 4 nitrogen and oxygen atoms in total. The normalized spacial score (nSPS) is 36.1. The van der Waals surface area contributed by atoms with Gasteiger partial charge in [-0.15, -0.1) is 0 Å². The van der Waals surface area contributed by atoms with Crippen LogP contribution in [0, 0.1) is 0 Å². The molecule has 0 amide bonds. The summed E-state index contributed by atoms with van der Waals surface area (Å²) < 4.78 is 16.6. The molecule has 2 aliphatic rings. The second kappa shape index (κ2) is 4.49. The second-order valence-electron chi connectivity index (χ2n) is 4.17. The first-order valence-corrected chi connectivity index (χ1v) is 5.67. The van der Waals surface area contributed by atoms with Gasteiger partial charge in [0.1, 0.15) is 24.9 Å². The summed E-state index contributed by atoms with van der Waals surface area (Å²) in [6.45, 7) is 0.239. The van der Waals surface area contributed by atoms with Crippen molar-refractivity contribution < 1.29 is 19.3 Å². The van der Waals surface area contributed by atoms with Crippen LogP contribution in [0.3, 0.4) is 0 Å². The number of aliphatic hydroxyl groups excluding tert-OH is 1. The number of benzene rings is 1. The first-order valence-electron chi connectivity index (χ1n) is 5.67. The van der Waals surface area contributed by atoms with Crippen LogP contribution in [0.25, 0.3) is 0 Å². The molecule has 0 spiro atoms. The van der Waals surface area contributed by atoms with Crippen LogP contribution in [0.15, 0.2) is 42.7 Å². The lowest BCUT2D eigenvalue weighted by molar-refractivity contribution is -0.0923. The van der Waals surface area contributed by atoms with Gasteiger partial charge in [0.15, 0.2) is 6.29 Å². The lowest BCUT2D eigenvalue weighted by atomic mass is 10.1. The summed E-state index contributed by atoms with van der Waals surface area (Å²) in [5.41, 5.74) is 0.960. The maximum atomic E-state index is 9.85. The number of hydrogen-bond acceptors (Lipinski definition) is 4. The molecule has 17 heavy (non-hydrogen) atoms. The molecule has 0 radical (unpaired) electrons. The van der Waals surface area contributed by atoms with Gasteiger partial charge in [-0.1, -0.05) is 30.3 Å². The fraction of sp³-hybridized carbons (Fsp3) is 0.385. The predicted octanol–water partition coefficient (Wildman–Crippen LogP) is 1.37. The number of fused-ring (bicyclic) bond motifs is 1. The maximum absolute atomic E-state index is 9.85. The minimum absolute atomic E-state index is 0.239. The SMILES string of the molecule is O[C@@H]1COC=CC2OC(c3ccccc3)O[C@@H]21. The number of rotatable bonds is 1. The number of ether oxygens (including phenoxy) is 3. The van der Waals surface area contributed by atoms with Crippen LogP contribution in [0.5, 0.6) is 0 Å². The molecule has 2 heterocycles. The summed E-state index contributed by atoms with van der Waals surface area (Å²) in [5, 5.41) is 9.85. The second-order valence-corrected chi connectivity index (χ2v) is 4.17. The summed E-state index contributed by atoms with van der Waals surface area (Å²) in [4.78, 5) is 0. The van der Waals surface area contributed by atoms with Crippen LogP contribution in [0.2, 0.25) is 0 Å². The molecule has 1 fully saturated rings. The van der Waals surface area contributed by atoms with Gasteiger partial charge in [-0.3, -0.25) is 0 Å². The molecular weight excluding hydrogens is 220 g/mol. The van der Waals surface area contributed by atoms with Gasteiger partial charge in [-0.2, -0.15) is 0 Å². The Morgan fingerprint density at radius 1 is 1.12 bits per heavy atom. The predicted molar refractivity (Wildman–Crippen MR) is 60.0 cm³/mol. The fourth-order valence-electron chi connectivity index (χ4n) is 2.09. The first-order chi connectivity index (χ1) is 8.34. The summed E-state index contributed by atoms with van der Waals surface area (Å²) in [5.74, 6) is 0. The Labute approximate surface area is 99.4 Å². The van der Waals surface area contributed by atoms with Crippen molar-refractivity contribution in [2.45, 2.75) is 24.6 Å². The highest BCUT2D eigenvalue weighted by Crippen LogP contribution is 2.34. The average Bonchev–Trinajstić information content (AvgIpc) is 2.72. The molecule has 4 heteroatoms. The Kier molecular flexibility index (Phi) is 2.84. The zero-order valence-corrected chi connectivity index (χ0v) is 9.23. The van der Waals surface area contributed by atoms with E-state index in [0.29, 0.717) is 0 Å². The molecule has 3 rings (SSSR count). The van der Waals surface area contributed by atoms with Gasteiger partial charge in [0.2, 0.25) is 0 Å². The van der Waals surface area contributed by atoms with E-state index in [1.807, 2.05) is 30.3 Å². The van der Waals surface area contributed by atoms with Gasteiger partial charge in [-0.05, 0) is 6.08 Å². The molecule has 0 bridgehead atoms. The van der Waals surface area contributed by atoms with Crippen LogP contribution < -0.4 is 0 Å².